The first-order chi connectivity index (χ1) is 4.74. The molecule has 0 fully saturated rings. The van der Waals surface area contributed by atoms with Crippen LogP contribution in [0.5, 0.6) is 0 Å². The zero-order valence-corrected chi connectivity index (χ0v) is 8.35. The van der Waals surface area contributed by atoms with Crippen LogP contribution in [0.2, 0.25) is 4.64 Å². The van der Waals surface area contributed by atoms with Gasteiger partial charge in [0.25, 0.3) is 0 Å². The summed E-state index contributed by atoms with van der Waals surface area (Å²) < 4.78 is 0.837. The van der Waals surface area contributed by atoms with Crippen molar-refractivity contribution in [2.75, 3.05) is 14.5 Å². The van der Waals surface area contributed by atoms with Crippen molar-refractivity contribution in [2.45, 2.75) is 18.0 Å². The Morgan fingerprint density at radius 3 is 1.50 bits per heavy atom. The van der Waals surface area contributed by atoms with E-state index in [2.05, 4.69) is 0 Å². The standard InChI is InChI=1S/C3H7.3CH3O.Au/c1-3-2;3*1-2;/h1,3H2,2H3;3*2H,1H2;. The van der Waals surface area contributed by atoms with Gasteiger partial charge in [0.15, 0.2) is 0 Å². The second-order valence-corrected chi connectivity index (χ2v) is 11.5. The average molecular weight is 333 g/mol. The molecule has 0 aromatic carbocycles. The van der Waals surface area contributed by atoms with Gasteiger partial charge in [0.1, 0.15) is 0 Å². The fourth-order valence-corrected chi connectivity index (χ4v) is 4.53. The molecule has 3 N–H and O–H groups in total. The minimum absolute atomic E-state index is 0.0286. The van der Waals surface area contributed by atoms with Crippen LogP contribution in [0.15, 0.2) is 0 Å². The summed E-state index contributed by atoms with van der Waals surface area (Å²) in [5.41, 5.74) is 0. The third-order valence-electron chi connectivity index (χ3n) is 1.08. The van der Waals surface area contributed by atoms with Gasteiger partial charge in [-0.15, -0.1) is 0 Å². The van der Waals surface area contributed by atoms with Crippen LogP contribution in [0.3, 0.4) is 0 Å². The first-order valence-electron chi connectivity index (χ1n) is 3.01. The molecule has 0 aromatic rings. The van der Waals surface area contributed by atoms with Crippen LogP contribution in [-0.4, -0.2) is 29.8 Å². The van der Waals surface area contributed by atoms with Gasteiger partial charge in [-0.2, -0.15) is 0 Å². The van der Waals surface area contributed by atoms with Gasteiger partial charge in [0.05, 0.1) is 0 Å². The van der Waals surface area contributed by atoms with E-state index < -0.39 is 17.1 Å². The van der Waals surface area contributed by atoms with Crippen molar-refractivity contribution in [1.29, 1.82) is 0 Å². The maximum absolute atomic E-state index is 8.86. The first-order valence-corrected chi connectivity index (χ1v) is 9.14. The van der Waals surface area contributed by atoms with Crippen LogP contribution in [0, 0.1) is 0 Å². The molecule has 0 bridgehead atoms. The monoisotopic (exact) mass is 333 g/mol. The second-order valence-electron chi connectivity index (χ2n) is 1.84. The molecule has 0 unspecified atom stereocenters. The maximum atomic E-state index is 8.86. The topological polar surface area (TPSA) is 60.7 Å². The molecule has 69 valence electrons. The van der Waals surface area contributed by atoms with Gasteiger partial charge in [0, 0.05) is 0 Å². The number of hydrogen-bond donors (Lipinski definition) is 3. The van der Waals surface area contributed by atoms with E-state index in [1.807, 2.05) is 6.92 Å². The minimum atomic E-state index is -2.40. The molecule has 0 spiro atoms. The van der Waals surface area contributed by atoms with E-state index in [1.165, 1.54) is 0 Å². The molecular weight excluding hydrogens is 317 g/mol. The van der Waals surface area contributed by atoms with E-state index in [1.54, 1.807) is 0 Å². The van der Waals surface area contributed by atoms with Crippen molar-refractivity contribution in [2.24, 2.45) is 0 Å². The molecule has 0 amide bonds. The molecule has 10 heavy (non-hydrogen) atoms. The average Bonchev–Trinajstić information content (AvgIpc) is 2.01. The van der Waals surface area contributed by atoms with E-state index in [9.17, 15) is 0 Å². The predicted molar refractivity (Wildman–Crippen MR) is 36.4 cm³/mol. The molecule has 0 aromatic heterocycles. The van der Waals surface area contributed by atoms with Gasteiger partial charge in [0.2, 0.25) is 0 Å². The molecule has 0 aliphatic rings. The van der Waals surface area contributed by atoms with Crippen molar-refractivity contribution in [3.63, 3.8) is 0 Å². The number of hydrogen-bond acceptors (Lipinski definition) is 3. The van der Waals surface area contributed by atoms with Crippen molar-refractivity contribution < 1.29 is 32.4 Å². The molecule has 0 aliphatic heterocycles. The third kappa shape index (κ3) is 2.70. The zero-order chi connectivity index (χ0) is 8.04. The molecule has 0 atom stereocenters. The molecule has 0 rings (SSSR count). The fourth-order valence-electron chi connectivity index (χ4n) is 0.553. The molecule has 0 saturated heterocycles. The summed E-state index contributed by atoms with van der Waals surface area (Å²) in [6.45, 7) is 2.00. The Morgan fingerprint density at radius 1 is 1.00 bits per heavy atom. The van der Waals surface area contributed by atoms with E-state index >= 15 is 0 Å². The van der Waals surface area contributed by atoms with Crippen LogP contribution < -0.4 is 0 Å². The number of rotatable bonds is 5. The van der Waals surface area contributed by atoms with E-state index in [-0.39, 0.29) is 14.5 Å². The zero-order valence-electron chi connectivity index (χ0n) is 6.18. The van der Waals surface area contributed by atoms with Crippen molar-refractivity contribution >= 4 is 0 Å². The van der Waals surface area contributed by atoms with E-state index in [4.69, 9.17) is 15.3 Å². The number of aliphatic hydroxyl groups is 3. The van der Waals surface area contributed by atoms with Crippen molar-refractivity contribution in [1.82, 2.24) is 0 Å². The molecule has 0 heterocycles. The normalized spacial score (nSPS) is 13.6. The molecule has 0 radical (unpaired) electrons. The third-order valence-corrected chi connectivity index (χ3v) is 8.82. The van der Waals surface area contributed by atoms with Gasteiger partial charge in [-0.05, 0) is 0 Å². The SMILES string of the molecule is CC[CH2][Au]([CH2]O)([CH2]O)[CH2]O. The Labute approximate surface area is 65.2 Å². The van der Waals surface area contributed by atoms with Gasteiger partial charge in [-0.3, -0.25) is 0 Å². The summed E-state index contributed by atoms with van der Waals surface area (Å²) >= 11 is -2.40. The van der Waals surface area contributed by atoms with Crippen LogP contribution >= 0.6 is 0 Å². The fraction of sp³-hybridized carbons (Fsp3) is 1.00. The molecule has 0 aliphatic carbocycles. The van der Waals surface area contributed by atoms with Crippen LogP contribution in [0.4, 0.5) is 0 Å². The van der Waals surface area contributed by atoms with Crippen LogP contribution in [0.25, 0.3) is 0 Å². The molecule has 3 nitrogen and oxygen atoms in total. The quantitative estimate of drug-likeness (QED) is 0.612. The van der Waals surface area contributed by atoms with Gasteiger partial charge < -0.3 is 0 Å². The summed E-state index contributed by atoms with van der Waals surface area (Å²) in [6, 6.07) is 0. The van der Waals surface area contributed by atoms with Crippen LogP contribution in [-0.2, 0) is 17.1 Å². The van der Waals surface area contributed by atoms with Crippen molar-refractivity contribution in [3.05, 3.63) is 0 Å². The second kappa shape index (κ2) is 5.29. The summed E-state index contributed by atoms with van der Waals surface area (Å²) in [4.78, 5) is 0.0858. The van der Waals surface area contributed by atoms with Crippen molar-refractivity contribution in [3.8, 4) is 0 Å². The first kappa shape index (κ1) is 10.6. The predicted octanol–water partition coefficient (Wildman–Crippen LogP) is -0.182. The Kier molecular flexibility index (Phi) is 5.62. The van der Waals surface area contributed by atoms with Gasteiger partial charge in [-0.1, -0.05) is 0 Å². The Hall–Kier alpha value is 0.620. The Balaban J connectivity index is 3.87. The molecule has 0 saturated carbocycles. The summed E-state index contributed by atoms with van der Waals surface area (Å²) in [7, 11) is 0. The Morgan fingerprint density at radius 2 is 1.40 bits per heavy atom. The molecular formula is C6H16AuO3. The molecule has 4 heteroatoms. The number of aliphatic hydroxyl groups excluding tert-OH is 3. The Bertz CT molecular complexity index is 74.8. The van der Waals surface area contributed by atoms with Gasteiger partial charge in [-0.25, -0.2) is 0 Å². The van der Waals surface area contributed by atoms with E-state index in [0.29, 0.717) is 0 Å². The summed E-state index contributed by atoms with van der Waals surface area (Å²) in [6.07, 6.45) is 0.940. The van der Waals surface area contributed by atoms with Crippen LogP contribution in [0.1, 0.15) is 13.3 Å². The van der Waals surface area contributed by atoms with E-state index in [0.717, 1.165) is 11.1 Å². The summed E-state index contributed by atoms with van der Waals surface area (Å²) in [5.74, 6) is 0. The summed E-state index contributed by atoms with van der Waals surface area (Å²) in [5, 5.41) is 26.6. The van der Waals surface area contributed by atoms with Gasteiger partial charge >= 0.3 is 64.9 Å².